The molecule has 4 rings (SSSR count). The van der Waals surface area contributed by atoms with Crippen LogP contribution in [0, 0.1) is 0 Å². The van der Waals surface area contributed by atoms with E-state index >= 15 is 0 Å². The van der Waals surface area contributed by atoms with Crippen LogP contribution in [0.4, 0.5) is 0 Å². The molecule has 0 aromatic carbocycles. The zero-order valence-electron chi connectivity index (χ0n) is 14.8. The molecule has 0 saturated carbocycles. The highest BCUT2D eigenvalue weighted by Gasteiger charge is 2.22. The Morgan fingerprint density at radius 1 is 1.04 bits per heavy atom. The zero-order valence-corrected chi connectivity index (χ0v) is 14.8. The molecule has 6 nitrogen and oxygen atoms in total. The highest BCUT2D eigenvalue weighted by Crippen LogP contribution is 2.16. The molecule has 0 spiro atoms. The standard InChI is InChI=1S/C21H20N5O/c27-19(14-22-13-17-7-1-4-10-23-17)16-25-15-18-8-3-6-12-26(18)21(25)20-9-2-5-11-24-20/h1-13,15,19,27H,14,16H2/q+1/t19-/m0/s1. The fraction of sp³-hybridized carbons (Fsp3) is 0.143. The molecule has 1 N–H and O–H groups in total. The van der Waals surface area contributed by atoms with E-state index in [1.807, 2.05) is 71.6 Å². The lowest BCUT2D eigenvalue weighted by molar-refractivity contribution is -0.691. The van der Waals surface area contributed by atoms with Gasteiger partial charge in [-0.25, -0.2) is 9.55 Å². The SMILES string of the molecule is O[C@@H](CN=Cc1ccccn1)C[n+]1cc2ccccn2c1-c1ccccn1. The molecule has 0 fully saturated rings. The van der Waals surface area contributed by atoms with Crippen LogP contribution in [0.25, 0.3) is 17.0 Å². The Morgan fingerprint density at radius 2 is 1.85 bits per heavy atom. The zero-order chi connectivity index (χ0) is 18.5. The average molecular weight is 358 g/mol. The summed E-state index contributed by atoms with van der Waals surface area (Å²) >= 11 is 0. The Morgan fingerprint density at radius 3 is 2.63 bits per heavy atom. The van der Waals surface area contributed by atoms with E-state index in [9.17, 15) is 5.11 Å². The fourth-order valence-corrected chi connectivity index (χ4v) is 3.02. The van der Waals surface area contributed by atoms with Crippen LogP contribution in [-0.4, -0.2) is 38.3 Å². The van der Waals surface area contributed by atoms with Crippen molar-refractivity contribution in [3.63, 3.8) is 0 Å². The third kappa shape index (κ3) is 3.91. The molecule has 0 aliphatic carbocycles. The molecule has 4 heterocycles. The fourth-order valence-electron chi connectivity index (χ4n) is 3.02. The third-order valence-electron chi connectivity index (χ3n) is 4.21. The van der Waals surface area contributed by atoms with Crippen LogP contribution in [0.15, 0.2) is 84.4 Å². The molecule has 1 atom stereocenters. The summed E-state index contributed by atoms with van der Waals surface area (Å²) in [5.41, 5.74) is 2.68. The first-order valence-electron chi connectivity index (χ1n) is 8.81. The van der Waals surface area contributed by atoms with Gasteiger partial charge in [0.2, 0.25) is 0 Å². The summed E-state index contributed by atoms with van der Waals surface area (Å²) in [4.78, 5) is 13.0. The van der Waals surface area contributed by atoms with Gasteiger partial charge in [-0.3, -0.25) is 9.98 Å². The van der Waals surface area contributed by atoms with Gasteiger partial charge in [-0.1, -0.05) is 18.2 Å². The van der Waals surface area contributed by atoms with Crippen LogP contribution in [0.3, 0.4) is 0 Å². The molecule has 0 amide bonds. The van der Waals surface area contributed by atoms with E-state index in [1.54, 1.807) is 18.6 Å². The second kappa shape index (κ2) is 7.88. The van der Waals surface area contributed by atoms with Gasteiger partial charge in [0.1, 0.15) is 18.8 Å². The lowest BCUT2D eigenvalue weighted by Crippen LogP contribution is -2.41. The van der Waals surface area contributed by atoms with Gasteiger partial charge >= 0.3 is 5.82 Å². The van der Waals surface area contributed by atoms with Gasteiger partial charge < -0.3 is 5.11 Å². The molecule has 4 aromatic heterocycles. The van der Waals surface area contributed by atoms with E-state index in [4.69, 9.17) is 0 Å². The lowest BCUT2D eigenvalue weighted by atomic mass is 10.3. The van der Waals surface area contributed by atoms with Crippen molar-refractivity contribution in [2.45, 2.75) is 12.6 Å². The Kier molecular flexibility index (Phi) is 4.98. The van der Waals surface area contributed by atoms with Crippen LogP contribution >= 0.6 is 0 Å². The summed E-state index contributed by atoms with van der Waals surface area (Å²) in [5, 5.41) is 10.5. The molecule has 0 aliphatic heterocycles. The lowest BCUT2D eigenvalue weighted by Gasteiger charge is -2.06. The molecule has 0 radical (unpaired) electrons. The Hall–Kier alpha value is -3.38. The van der Waals surface area contributed by atoms with Crippen LogP contribution in [-0.2, 0) is 6.54 Å². The topological polar surface area (TPSA) is 66.7 Å². The van der Waals surface area contributed by atoms with E-state index in [-0.39, 0.29) is 0 Å². The number of hydrogen-bond donors (Lipinski definition) is 1. The van der Waals surface area contributed by atoms with Gasteiger partial charge in [0, 0.05) is 18.6 Å². The predicted octanol–water partition coefficient (Wildman–Crippen LogP) is 2.16. The summed E-state index contributed by atoms with van der Waals surface area (Å²) in [6.45, 7) is 0.727. The second-order valence-electron chi connectivity index (χ2n) is 6.22. The molecule has 27 heavy (non-hydrogen) atoms. The van der Waals surface area contributed by atoms with Crippen LogP contribution in [0.2, 0.25) is 0 Å². The summed E-state index contributed by atoms with van der Waals surface area (Å²) in [7, 11) is 0. The number of imidazole rings is 1. The van der Waals surface area contributed by atoms with Gasteiger partial charge in [0.25, 0.3) is 0 Å². The second-order valence-corrected chi connectivity index (χ2v) is 6.22. The first-order chi connectivity index (χ1) is 13.3. The minimum absolute atomic E-state index is 0.303. The minimum atomic E-state index is -0.616. The van der Waals surface area contributed by atoms with Crippen LogP contribution in [0.5, 0.6) is 0 Å². The van der Waals surface area contributed by atoms with E-state index in [0.717, 1.165) is 22.7 Å². The summed E-state index contributed by atoms with van der Waals surface area (Å²) in [6.07, 6.45) is 8.59. The smallest absolute Gasteiger partial charge is 0.313 e. The van der Waals surface area contributed by atoms with Crippen molar-refractivity contribution >= 4 is 11.7 Å². The first-order valence-corrected chi connectivity index (χ1v) is 8.81. The number of aliphatic hydroxyl groups is 1. The molecule has 0 aliphatic rings. The van der Waals surface area contributed by atoms with Crippen molar-refractivity contribution in [3.8, 4) is 11.5 Å². The van der Waals surface area contributed by atoms with E-state index in [1.165, 1.54) is 0 Å². The average Bonchev–Trinajstić information content (AvgIpc) is 3.07. The van der Waals surface area contributed by atoms with E-state index in [0.29, 0.717) is 13.1 Å². The first kappa shape index (κ1) is 17.1. The van der Waals surface area contributed by atoms with E-state index in [2.05, 4.69) is 19.4 Å². The highest BCUT2D eigenvalue weighted by atomic mass is 16.3. The third-order valence-corrected chi connectivity index (χ3v) is 4.21. The van der Waals surface area contributed by atoms with Gasteiger partial charge in [-0.15, -0.1) is 0 Å². The summed E-state index contributed by atoms with van der Waals surface area (Å²) < 4.78 is 4.10. The molecule has 0 bridgehead atoms. The molecule has 4 aromatic rings. The van der Waals surface area contributed by atoms with E-state index < -0.39 is 6.10 Å². The summed E-state index contributed by atoms with van der Waals surface area (Å²) in [5.74, 6) is 0.930. The maximum Gasteiger partial charge on any atom is 0.313 e. The highest BCUT2D eigenvalue weighted by molar-refractivity contribution is 5.76. The normalized spacial score (nSPS) is 12.6. The van der Waals surface area contributed by atoms with Crippen molar-refractivity contribution < 1.29 is 9.67 Å². The quantitative estimate of drug-likeness (QED) is 0.424. The molecular formula is C21H20N5O+. The molecule has 6 heteroatoms. The number of pyridine rings is 3. The number of rotatable bonds is 6. The Labute approximate surface area is 157 Å². The van der Waals surface area contributed by atoms with Gasteiger partial charge in [-0.05, 0) is 36.4 Å². The molecule has 0 saturated heterocycles. The predicted molar refractivity (Wildman–Crippen MR) is 104 cm³/mol. The largest absolute Gasteiger partial charge is 0.387 e. The van der Waals surface area contributed by atoms with Gasteiger partial charge in [0.05, 0.1) is 18.4 Å². The Balaban J connectivity index is 1.57. The summed E-state index contributed by atoms with van der Waals surface area (Å²) in [6, 6.07) is 17.5. The molecule has 134 valence electrons. The monoisotopic (exact) mass is 358 g/mol. The maximum absolute atomic E-state index is 10.5. The van der Waals surface area contributed by atoms with Crippen molar-refractivity contribution in [3.05, 3.63) is 85.1 Å². The van der Waals surface area contributed by atoms with Gasteiger partial charge in [0.15, 0.2) is 11.2 Å². The van der Waals surface area contributed by atoms with Crippen molar-refractivity contribution in [1.29, 1.82) is 0 Å². The maximum atomic E-state index is 10.5. The number of aliphatic hydroxyl groups excluding tert-OH is 1. The van der Waals surface area contributed by atoms with Gasteiger partial charge in [-0.2, -0.15) is 4.40 Å². The van der Waals surface area contributed by atoms with Crippen LogP contribution in [0.1, 0.15) is 5.69 Å². The number of fused-ring (bicyclic) bond motifs is 1. The van der Waals surface area contributed by atoms with Crippen molar-refractivity contribution in [1.82, 2.24) is 14.4 Å². The van der Waals surface area contributed by atoms with Crippen molar-refractivity contribution in [2.75, 3.05) is 6.54 Å². The number of nitrogens with zero attached hydrogens (tertiary/aromatic N) is 5. The number of aromatic nitrogens is 4. The number of aliphatic imine (C=N–C) groups is 1. The van der Waals surface area contributed by atoms with Crippen molar-refractivity contribution in [2.24, 2.45) is 4.99 Å². The molecule has 0 unspecified atom stereocenters. The van der Waals surface area contributed by atoms with Crippen LogP contribution < -0.4 is 4.57 Å². The Bertz CT molecular complexity index is 1040. The minimum Gasteiger partial charge on any atom is -0.387 e. The molecular weight excluding hydrogens is 338 g/mol. The number of hydrogen-bond acceptors (Lipinski definition) is 4.